The molecule has 3 rings (SSSR count). The first kappa shape index (κ1) is 26.8. The first-order chi connectivity index (χ1) is 16.3. The third kappa shape index (κ3) is 7.28. The summed E-state index contributed by atoms with van der Waals surface area (Å²) in [6, 6.07) is 16.4. The van der Waals surface area contributed by atoms with E-state index in [0.717, 1.165) is 54.7 Å². The molecular weight excluding hydrogens is 432 g/mol. The maximum absolute atomic E-state index is 13.2. The number of rotatable bonds is 10. The van der Waals surface area contributed by atoms with E-state index in [9.17, 15) is 4.79 Å². The van der Waals surface area contributed by atoms with E-state index >= 15 is 0 Å². The topological polar surface area (TPSA) is 99.3 Å². The molecule has 0 saturated heterocycles. The van der Waals surface area contributed by atoms with Crippen LogP contribution in [0.1, 0.15) is 60.8 Å². The molecule has 2 aromatic heterocycles. The van der Waals surface area contributed by atoms with Gasteiger partial charge in [-0.25, -0.2) is 9.59 Å². The number of hydrogen-bond acceptors (Lipinski definition) is 4. The molecular formula is C27H34N2O5. The molecule has 0 spiro atoms. The molecule has 2 N–H and O–H groups in total. The number of ketones is 1. The third-order valence-electron chi connectivity index (χ3n) is 5.68. The maximum Gasteiger partial charge on any atom is 0.414 e. The van der Waals surface area contributed by atoms with E-state index in [4.69, 9.17) is 19.8 Å². The summed E-state index contributed by atoms with van der Waals surface area (Å²) in [6.45, 7) is 10.00. The Balaban J connectivity index is 0.000000604. The van der Waals surface area contributed by atoms with Gasteiger partial charge in [-0.2, -0.15) is 0 Å². The minimum Gasteiger partial charge on any atom is -0.473 e. The van der Waals surface area contributed by atoms with E-state index in [0.29, 0.717) is 0 Å². The molecule has 0 unspecified atom stereocenters. The van der Waals surface area contributed by atoms with Crippen LogP contribution >= 0.6 is 0 Å². The molecule has 0 aliphatic carbocycles. The fourth-order valence-corrected chi connectivity index (χ4v) is 3.91. The van der Waals surface area contributed by atoms with Gasteiger partial charge in [-0.05, 0) is 74.6 Å². The van der Waals surface area contributed by atoms with Crippen LogP contribution in [0.15, 0.2) is 54.7 Å². The molecule has 0 aliphatic heterocycles. The number of carbonyl (C=O) groups is 3. The predicted octanol–water partition coefficient (Wildman–Crippen LogP) is 4.55. The average Bonchev–Trinajstić information content (AvgIpc) is 3.22. The third-order valence-corrected chi connectivity index (χ3v) is 5.68. The number of pyridine rings is 1. The van der Waals surface area contributed by atoms with E-state index < -0.39 is 11.9 Å². The van der Waals surface area contributed by atoms with Crippen molar-refractivity contribution in [3.05, 3.63) is 77.1 Å². The molecule has 0 radical (unpaired) electrons. The van der Waals surface area contributed by atoms with E-state index in [1.165, 1.54) is 18.5 Å². The van der Waals surface area contributed by atoms with Crippen molar-refractivity contribution in [1.82, 2.24) is 9.30 Å². The number of aryl methyl sites for hydroxylation is 2. The second-order valence-electron chi connectivity index (χ2n) is 8.04. The first-order valence-electron chi connectivity index (χ1n) is 11.7. The second kappa shape index (κ2) is 13.3. The van der Waals surface area contributed by atoms with Crippen molar-refractivity contribution in [2.45, 2.75) is 46.5 Å². The summed E-state index contributed by atoms with van der Waals surface area (Å²) in [5, 5.41) is 14.8. The van der Waals surface area contributed by atoms with Gasteiger partial charge in [0.2, 0.25) is 5.78 Å². The molecule has 34 heavy (non-hydrogen) atoms. The summed E-state index contributed by atoms with van der Waals surface area (Å²) in [6.07, 6.45) is 6.25. The smallest absolute Gasteiger partial charge is 0.414 e. The SMILES string of the molecule is CCCN(CC)CCCc1ccc(C(=O)c2c(CC)cc3ccccn23)cc1.O=C(O)C(=O)O. The number of carbonyl (C=O) groups excluding carboxylic acids is 1. The van der Waals surface area contributed by atoms with Gasteiger partial charge in [0.15, 0.2) is 0 Å². The summed E-state index contributed by atoms with van der Waals surface area (Å²) in [7, 11) is 0. The van der Waals surface area contributed by atoms with Crippen LogP contribution in [0.5, 0.6) is 0 Å². The second-order valence-corrected chi connectivity index (χ2v) is 8.04. The van der Waals surface area contributed by atoms with Crippen LogP contribution < -0.4 is 0 Å². The van der Waals surface area contributed by atoms with Crippen LogP contribution in [0.4, 0.5) is 0 Å². The Bertz CT molecular complexity index is 1090. The van der Waals surface area contributed by atoms with E-state index in [1.54, 1.807) is 0 Å². The Labute approximate surface area is 200 Å². The molecule has 182 valence electrons. The zero-order chi connectivity index (χ0) is 25.1. The molecule has 0 amide bonds. The predicted molar refractivity (Wildman–Crippen MR) is 133 cm³/mol. The van der Waals surface area contributed by atoms with Crippen molar-refractivity contribution in [3.63, 3.8) is 0 Å². The zero-order valence-corrected chi connectivity index (χ0v) is 20.2. The van der Waals surface area contributed by atoms with Gasteiger partial charge >= 0.3 is 11.9 Å². The van der Waals surface area contributed by atoms with Gasteiger partial charge in [-0.3, -0.25) is 4.79 Å². The molecule has 0 bridgehead atoms. The van der Waals surface area contributed by atoms with Crippen molar-refractivity contribution in [2.75, 3.05) is 19.6 Å². The summed E-state index contributed by atoms with van der Waals surface area (Å²) < 4.78 is 2.02. The standard InChI is InChI=1S/C25H32N2O.C2H2O4/c1-4-16-26(6-3)17-9-10-20-12-14-22(15-13-20)25(28)24-21(5-2)19-23-11-7-8-18-27(23)24;3-1(4)2(5)6/h7-8,11-15,18-19H,4-6,9-10,16-17H2,1-3H3;(H,3,4)(H,5,6). The lowest BCUT2D eigenvalue weighted by Crippen LogP contribution is -2.25. The highest BCUT2D eigenvalue weighted by atomic mass is 16.4. The number of fused-ring (bicyclic) bond motifs is 1. The molecule has 0 atom stereocenters. The number of nitrogens with zero attached hydrogens (tertiary/aromatic N) is 2. The minimum absolute atomic E-state index is 0.106. The summed E-state index contributed by atoms with van der Waals surface area (Å²) in [4.78, 5) is 33.9. The quantitative estimate of drug-likeness (QED) is 0.336. The number of aliphatic carboxylic acids is 2. The lowest BCUT2D eigenvalue weighted by molar-refractivity contribution is -0.159. The number of carboxylic acid groups (broad SMARTS) is 2. The highest BCUT2D eigenvalue weighted by Crippen LogP contribution is 2.21. The average molecular weight is 467 g/mol. The largest absolute Gasteiger partial charge is 0.473 e. The number of hydrogen-bond donors (Lipinski definition) is 2. The van der Waals surface area contributed by atoms with Crippen molar-refractivity contribution in [2.24, 2.45) is 0 Å². The molecule has 3 aromatic rings. The molecule has 2 heterocycles. The molecule has 0 saturated carbocycles. The van der Waals surface area contributed by atoms with Gasteiger partial charge in [-0.15, -0.1) is 0 Å². The van der Waals surface area contributed by atoms with Gasteiger partial charge in [0.05, 0.1) is 5.69 Å². The number of carboxylic acids is 2. The van der Waals surface area contributed by atoms with Gasteiger partial charge in [-0.1, -0.05) is 51.1 Å². The van der Waals surface area contributed by atoms with E-state index in [2.05, 4.69) is 49.9 Å². The Kier molecular flexibility index (Phi) is 10.5. The van der Waals surface area contributed by atoms with Crippen LogP contribution in [0.2, 0.25) is 0 Å². The van der Waals surface area contributed by atoms with Crippen LogP contribution in [-0.4, -0.2) is 56.9 Å². The van der Waals surface area contributed by atoms with Crippen LogP contribution in [0.25, 0.3) is 5.52 Å². The fraction of sp³-hybridized carbons (Fsp3) is 0.370. The van der Waals surface area contributed by atoms with Crippen molar-refractivity contribution < 1.29 is 24.6 Å². The number of benzene rings is 1. The first-order valence-corrected chi connectivity index (χ1v) is 11.7. The van der Waals surface area contributed by atoms with Gasteiger partial charge in [0.25, 0.3) is 0 Å². The number of aromatic nitrogens is 1. The molecule has 7 heteroatoms. The molecule has 7 nitrogen and oxygen atoms in total. The Morgan fingerprint density at radius 2 is 1.59 bits per heavy atom. The normalized spacial score (nSPS) is 10.7. The van der Waals surface area contributed by atoms with Crippen molar-refractivity contribution in [3.8, 4) is 0 Å². The summed E-state index contributed by atoms with van der Waals surface area (Å²) >= 11 is 0. The van der Waals surface area contributed by atoms with Crippen LogP contribution in [0, 0.1) is 0 Å². The minimum atomic E-state index is -1.82. The highest BCUT2D eigenvalue weighted by Gasteiger charge is 2.18. The Morgan fingerprint density at radius 1 is 0.912 bits per heavy atom. The summed E-state index contributed by atoms with van der Waals surface area (Å²) in [5.74, 6) is -3.54. The van der Waals surface area contributed by atoms with E-state index in [1.807, 2.05) is 34.9 Å². The van der Waals surface area contributed by atoms with Crippen molar-refractivity contribution >= 4 is 23.2 Å². The van der Waals surface area contributed by atoms with E-state index in [-0.39, 0.29) is 5.78 Å². The molecule has 0 aliphatic rings. The Hall–Kier alpha value is -3.45. The fourth-order valence-electron chi connectivity index (χ4n) is 3.91. The maximum atomic E-state index is 13.2. The van der Waals surface area contributed by atoms with Crippen LogP contribution in [-0.2, 0) is 22.4 Å². The zero-order valence-electron chi connectivity index (χ0n) is 20.2. The highest BCUT2D eigenvalue weighted by molar-refractivity contribution is 6.27. The van der Waals surface area contributed by atoms with Gasteiger partial charge < -0.3 is 19.5 Å². The lowest BCUT2D eigenvalue weighted by atomic mass is 10.0. The van der Waals surface area contributed by atoms with Gasteiger partial charge in [0.1, 0.15) is 0 Å². The lowest BCUT2D eigenvalue weighted by Gasteiger charge is -2.19. The van der Waals surface area contributed by atoms with Gasteiger partial charge in [0, 0.05) is 17.3 Å². The molecule has 0 fully saturated rings. The van der Waals surface area contributed by atoms with Crippen LogP contribution in [0.3, 0.4) is 0 Å². The molecule has 1 aromatic carbocycles. The van der Waals surface area contributed by atoms with Crippen molar-refractivity contribution in [1.29, 1.82) is 0 Å². The monoisotopic (exact) mass is 466 g/mol. The summed E-state index contributed by atoms with van der Waals surface area (Å²) in [5.41, 5.74) is 5.05. The Morgan fingerprint density at radius 3 is 2.15 bits per heavy atom.